The zero-order valence-electron chi connectivity index (χ0n) is 13.3. The van der Waals surface area contributed by atoms with Crippen LogP contribution in [-0.4, -0.2) is 34.5 Å². The second-order valence-electron chi connectivity index (χ2n) is 4.84. The highest BCUT2D eigenvalue weighted by Crippen LogP contribution is 2.49. The van der Waals surface area contributed by atoms with Crippen LogP contribution in [0.2, 0.25) is 0 Å². The number of hydrogen-bond donors (Lipinski definition) is 3. The molecule has 124 valence electrons. The molecule has 0 aliphatic rings. The molecule has 0 aliphatic carbocycles. The molecule has 0 fully saturated rings. The van der Waals surface area contributed by atoms with Crippen LogP contribution in [0.4, 0.5) is 0 Å². The average molecular weight is 312 g/mol. The predicted molar refractivity (Wildman–Crippen MR) is 82.3 cm³/mol. The van der Waals surface area contributed by atoms with Gasteiger partial charge in [-0.25, -0.2) is 4.79 Å². The monoisotopic (exact) mass is 312 g/mol. The van der Waals surface area contributed by atoms with E-state index in [-0.39, 0.29) is 23.7 Å². The summed E-state index contributed by atoms with van der Waals surface area (Å²) in [5, 5.41) is 29.5. The van der Waals surface area contributed by atoms with Crippen LogP contribution in [0.5, 0.6) is 23.0 Å². The highest BCUT2D eigenvalue weighted by Gasteiger charge is 2.29. The molecule has 0 saturated heterocycles. The molecule has 0 aliphatic heterocycles. The standard InChI is InChI=1S/C16H24O6/c1-4-7-8-9-10-11(16(19)20)12(17)13(18)15(22-6-3)14(10)21-5-2/h17-18H,4-9H2,1-3H3,(H,19,20). The van der Waals surface area contributed by atoms with E-state index < -0.39 is 17.5 Å². The third kappa shape index (κ3) is 3.75. The topological polar surface area (TPSA) is 96.2 Å². The quantitative estimate of drug-likeness (QED) is 0.478. The molecule has 22 heavy (non-hydrogen) atoms. The Bertz CT molecular complexity index is 524. The first-order chi connectivity index (χ1) is 10.5. The number of ether oxygens (including phenoxy) is 2. The number of benzene rings is 1. The average Bonchev–Trinajstić information content (AvgIpc) is 2.47. The maximum Gasteiger partial charge on any atom is 0.340 e. The first-order valence-electron chi connectivity index (χ1n) is 7.59. The molecule has 0 bridgehead atoms. The number of hydrogen-bond acceptors (Lipinski definition) is 5. The van der Waals surface area contributed by atoms with E-state index in [4.69, 9.17) is 9.47 Å². The van der Waals surface area contributed by atoms with E-state index in [0.29, 0.717) is 18.6 Å². The molecule has 6 nitrogen and oxygen atoms in total. The summed E-state index contributed by atoms with van der Waals surface area (Å²) in [5.41, 5.74) is 0.0436. The SMILES string of the molecule is CCCCCc1c(OCC)c(OCC)c(O)c(O)c1C(=O)O. The summed E-state index contributed by atoms with van der Waals surface area (Å²) in [5.74, 6) is -2.37. The largest absolute Gasteiger partial charge is 0.504 e. The molecule has 0 unspecified atom stereocenters. The van der Waals surface area contributed by atoms with Crippen LogP contribution in [0, 0.1) is 0 Å². The number of unbranched alkanes of at least 4 members (excludes halogenated alkanes) is 2. The number of phenols is 2. The third-order valence-electron chi connectivity index (χ3n) is 3.28. The van der Waals surface area contributed by atoms with Crippen molar-refractivity contribution in [3.05, 3.63) is 11.1 Å². The number of carbonyl (C=O) groups is 1. The van der Waals surface area contributed by atoms with Crippen LogP contribution in [0.15, 0.2) is 0 Å². The Balaban J connectivity index is 3.52. The van der Waals surface area contributed by atoms with Gasteiger partial charge in [-0.15, -0.1) is 0 Å². The summed E-state index contributed by atoms with van der Waals surface area (Å²) in [6, 6.07) is 0. The molecule has 1 aromatic carbocycles. The second kappa shape index (κ2) is 8.36. The number of carboxylic acid groups (broad SMARTS) is 1. The zero-order chi connectivity index (χ0) is 16.7. The summed E-state index contributed by atoms with van der Waals surface area (Å²) in [7, 11) is 0. The summed E-state index contributed by atoms with van der Waals surface area (Å²) in [4.78, 5) is 11.5. The molecule has 0 aromatic heterocycles. The van der Waals surface area contributed by atoms with Crippen LogP contribution >= 0.6 is 0 Å². The van der Waals surface area contributed by atoms with Crippen molar-refractivity contribution in [2.45, 2.75) is 46.5 Å². The van der Waals surface area contributed by atoms with Crippen molar-refractivity contribution in [3.63, 3.8) is 0 Å². The minimum Gasteiger partial charge on any atom is -0.504 e. The van der Waals surface area contributed by atoms with E-state index >= 15 is 0 Å². The maximum absolute atomic E-state index is 11.5. The van der Waals surface area contributed by atoms with Crippen molar-refractivity contribution < 1.29 is 29.6 Å². The molecular formula is C16H24O6. The van der Waals surface area contributed by atoms with Crippen LogP contribution in [-0.2, 0) is 6.42 Å². The summed E-state index contributed by atoms with van der Waals surface area (Å²) in [6.07, 6.45) is 3.09. The molecule has 0 saturated carbocycles. The normalized spacial score (nSPS) is 10.5. The number of aromatic carboxylic acids is 1. The maximum atomic E-state index is 11.5. The first kappa shape index (κ1) is 17.9. The molecule has 1 aromatic rings. The Morgan fingerprint density at radius 1 is 0.955 bits per heavy atom. The highest BCUT2D eigenvalue weighted by atomic mass is 16.5. The minimum absolute atomic E-state index is 0.00153. The minimum atomic E-state index is -1.30. The third-order valence-corrected chi connectivity index (χ3v) is 3.28. The first-order valence-corrected chi connectivity index (χ1v) is 7.59. The molecule has 0 heterocycles. The fourth-order valence-corrected chi connectivity index (χ4v) is 2.32. The number of carboxylic acids is 1. The van der Waals surface area contributed by atoms with Crippen LogP contribution < -0.4 is 9.47 Å². The lowest BCUT2D eigenvalue weighted by atomic mass is 9.97. The molecular weight excluding hydrogens is 288 g/mol. The highest BCUT2D eigenvalue weighted by molar-refractivity contribution is 5.95. The van der Waals surface area contributed by atoms with Gasteiger partial charge in [0.15, 0.2) is 11.5 Å². The van der Waals surface area contributed by atoms with Gasteiger partial charge in [-0.3, -0.25) is 0 Å². The van der Waals surface area contributed by atoms with Gasteiger partial charge < -0.3 is 24.8 Å². The van der Waals surface area contributed by atoms with Gasteiger partial charge in [0.05, 0.1) is 13.2 Å². The Kier molecular flexibility index (Phi) is 6.82. The van der Waals surface area contributed by atoms with Crippen LogP contribution in [0.1, 0.15) is 56.0 Å². The number of rotatable bonds is 9. The summed E-state index contributed by atoms with van der Waals surface area (Å²) in [6.45, 7) is 6.09. The molecule has 0 amide bonds. The molecule has 6 heteroatoms. The summed E-state index contributed by atoms with van der Waals surface area (Å²) >= 11 is 0. The van der Waals surface area contributed by atoms with E-state index in [9.17, 15) is 20.1 Å². The van der Waals surface area contributed by atoms with Gasteiger partial charge in [-0.05, 0) is 26.7 Å². The smallest absolute Gasteiger partial charge is 0.340 e. The van der Waals surface area contributed by atoms with E-state index in [2.05, 4.69) is 0 Å². The lowest BCUT2D eigenvalue weighted by Gasteiger charge is -2.19. The van der Waals surface area contributed by atoms with Crippen LogP contribution in [0.25, 0.3) is 0 Å². The van der Waals surface area contributed by atoms with Gasteiger partial charge in [0.2, 0.25) is 11.5 Å². The van der Waals surface area contributed by atoms with Crippen molar-refractivity contribution >= 4 is 5.97 Å². The van der Waals surface area contributed by atoms with Gasteiger partial charge in [0.25, 0.3) is 0 Å². The molecule has 1 rings (SSSR count). The van der Waals surface area contributed by atoms with Gasteiger partial charge in [0.1, 0.15) is 5.56 Å². The van der Waals surface area contributed by atoms with Gasteiger partial charge in [0, 0.05) is 5.56 Å². The van der Waals surface area contributed by atoms with Gasteiger partial charge in [-0.2, -0.15) is 0 Å². The predicted octanol–water partition coefficient (Wildman–Crippen LogP) is 3.33. The zero-order valence-corrected chi connectivity index (χ0v) is 13.3. The molecule has 0 atom stereocenters. The lowest BCUT2D eigenvalue weighted by Crippen LogP contribution is -2.09. The molecule has 3 N–H and O–H groups in total. The second-order valence-corrected chi connectivity index (χ2v) is 4.84. The molecule has 0 radical (unpaired) electrons. The summed E-state index contributed by atoms with van der Waals surface area (Å²) < 4.78 is 10.9. The Morgan fingerprint density at radius 2 is 1.55 bits per heavy atom. The van der Waals surface area contributed by atoms with E-state index in [0.717, 1.165) is 19.3 Å². The molecule has 0 spiro atoms. The Labute approximate surface area is 130 Å². The fourth-order valence-electron chi connectivity index (χ4n) is 2.32. The van der Waals surface area contributed by atoms with Gasteiger partial charge >= 0.3 is 5.97 Å². The van der Waals surface area contributed by atoms with E-state index in [1.54, 1.807) is 13.8 Å². The van der Waals surface area contributed by atoms with Crippen molar-refractivity contribution in [2.24, 2.45) is 0 Å². The van der Waals surface area contributed by atoms with E-state index in [1.807, 2.05) is 6.92 Å². The lowest BCUT2D eigenvalue weighted by molar-refractivity contribution is 0.0690. The fraction of sp³-hybridized carbons (Fsp3) is 0.562. The van der Waals surface area contributed by atoms with Crippen molar-refractivity contribution in [1.29, 1.82) is 0 Å². The van der Waals surface area contributed by atoms with Gasteiger partial charge in [-0.1, -0.05) is 19.8 Å². The Hall–Kier alpha value is -2.11. The van der Waals surface area contributed by atoms with E-state index in [1.165, 1.54) is 0 Å². The van der Waals surface area contributed by atoms with Crippen molar-refractivity contribution in [3.8, 4) is 23.0 Å². The Morgan fingerprint density at radius 3 is 2.05 bits per heavy atom. The number of phenolic OH excluding ortho intramolecular Hbond substituents is 1. The van der Waals surface area contributed by atoms with Crippen LogP contribution in [0.3, 0.4) is 0 Å². The van der Waals surface area contributed by atoms with Crippen molar-refractivity contribution in [1.82, 2.24) is 0 Å². The number of aromatic hydroxyl groups is 2. The van der Waals surface area contributed by atoms with Crippen molar-refractivity contribution in [2.75, 3.05) is 13.2 Å².